The molecule has 0 bridgehead atoms. The zero-order chi connectivity index (χ0) is 20.1. The molecule has 0 unspecified atom stereocenters. The van der Waals surface area contributed by atoms with Gasteiger partial charge in [0.15, 0.2) is 5.16 Å². The largest absolute Gasteiger partial charge is 0.342 e. The zero-order valence-electron chi connectivity index (χ0n) is 16.5. The highest BCUT2D eigenvalue weighted by atomic mass is 32.2. The summed E-state index contributed by atoms with van der Waals surface area (Å²) >= 11 is 2.73. The van der Waals surface area contributed by atoms with Crippen LogP contribution in [0.15, 0.2) is 45.7 Å². The van der Waals surface area contributed by atoms with Crippen molar-refractivity contribution in [3.63, 3.8) is 0 Å². The molecule has 2 heterocycles. The molecule has 0 saturated heterocycles. The van der Waals surface area contributed by atoms with Crippen LogP contribution in [-0.4, -0.2) is 39.2 Å². The fourth-order valence-corrected chi connectivity index (χ4v) is 4.68. The second-order valence-electron chi connectivity index (χ2n) is 6.62. The molecule has 0 aliphatic heterocycles. The van der Waals surface area contributed by atoms with Gasteiger partial charge in [-0.3, -0.25) is 14.2 Å². The smallest absolute Gasteiger partial charge is 0.276 e. The Bertz CT molecular complexity index is 1030. The number of hydrogen-bond donors (Lipinski definition) is 0. The average Bonchev–Trinajstić information content (AvgIpc) is 3.16. The number of nitrogens with zero attached hydrogens (tertiary/aromatic N) is 3. The number of unbranched alkanes of at least 4 members (excludes halogenated alkanes) is 1. The predicted octanol–water partition coefficient (Wildman–Crippen LogP) is 4.50. The molecule has 0 aliphatic rings. The molecule has 7 heteroatoms. The summed E-state index contributed by atoms with van der Waals surface area (Å²) in [4.78, 5) is 32.3. The van der Waals surface area contributed by atoms with E-state index in [1.807, 2.05) is 54.5 Å². The fraction of sp³-hybridized carbons (Fsp3) is 0.381. The van der Waals surface area contributed by atoms with Gasteiger partial charge in [-0.1, -0.05) is 37.2 Å². The number of thiophene rings is 1. The van der Waals surface area contributed by atoms with E-state index in [1.165, 1.54) is 23.1 Å². The first-order chi connectivity index (χ1) is 13.5. The van der Waals surface area contributed by atoms with E-state index < -0.39 is 0 Å². The third kappa shape index (κ3) is 4.47. The summed E-state index contributed by atoms with van der Waals surface area (Å²) in [6.45, 7) is 7.58. The standard InChI is InChI=1S/C21H25N3O2S2/c1-4-6-11-23(5-2)18(25)14-28-21-22-17-10-12-27-19(17)20(26)24(21)16-9-7-8-15(3)13-16/h7-10,12-13H,4-6,11,14H2,1-3H3. The van der Waals surface area contributed by atoms with Crippen LogP contribution >= 0.6 is 23.1 Å². The topological polar surface area (TPSA) is 55.2 Å². The summed E-state index contributed by atoms with van der Waals surface area (Å²) in [5.41, 5.74) is 2.45. The summed E-state index contributed by atoms with van der Waals surface area (Å²) in [5, 5.41) is 2.43. The van der Waals surface area contributed by atoms with Crippen LogP contribution in [0.1, 0.15) is 32.3 Å². The molecule has 0 aliphatic carbocycles. The number of carbonyl (C=O) groups is 1. The van der Waals surface area contributed by atoms with Gasteiger partial charge in [0.2, 0.25) is 5.91 Å². The van der Waals surface area contributed by atoms with Crippen molar-refractivity contribution in [3.05, 3.63) is 51.6 Å². The highest BCUT2D eigenvalue weighted by Crippen LogP contribution is 2.24. The van der Waals surface area contributed by atoms with Crippen molar-refractivity contribution < 1.29 is 4.79 Å². The Balaban J connectivity index is 1.95. The van der Waals surface area contributed by atoms with Crippen LogP contribution in [0.3, 0.4) is 0 Å². The Kier molecular flexibility index (Phi) is 6.91. The Labute approximate surface area is 173 Å². The Morgan fingerprint density at radius 3 is 2.82 bits per heavy atom. The van der Waals surface area contributed by atoms with E-state index in [1.54, 1.807) is 4.57 Å². The number of amides is 1. The fourth-order valence-electron chi connectivity index (χ4n) is 3.01. The maximum atomic E-state index is 13.1. The minimum absolute atomic E-state index is 0.0800. The van der Waals surface area contributed by atoms with Gasteiger partial charge in [0, 0.05) is 13.1 Å². The molecular weight excluding hydrogens is 390 g/mol. The maximum absolute atomic E-state index is 13.1. The second-order valence-corrected chi connectivity index (χ2v) is 8.48. The molecular formula is C21H25N3O2S2. The first kappa shape index (κ1) is 20.6. The van der Waals surface area contributed by atoms with E-state index in [0.717, 1.165) is 30.6 Å². The van der Waals surface area contributed by atoms with Gasteiger partial charge < -0.3 is 4.90 Å². The Morgan fingerprint density at radius 2 is 2.11 bits per heavy atom. The molecule has 0 N–H and O–H groups in total. The lowest BCUT2D eigenvalue weighted by atomic mass is 10.2. The molecule has 5 nitrogen and oxygen atoms in total. The van der Waals surface area contributed by atoms with E-state index in [4.69, 9.17) is 0 Å². The van der Waals surface area contributed by atoms with Crippen molar-refractivity contribution in [3.8, 4) is 5.69 Å². The van der Waals surface area contributed by atoms with Crippen LogP contribution in [0.5, 0.6) is 0 Å². The van der Waals surface area contributed by atoms with Crippen molar-refractivity contribution in [2.24, 2.45) is 0 Å². The van der Waals surface area contributed by atoms with Gasteiger partial charge in [-0.05, 0) is 49.4 Å². The van der Waals surface area contributed by atoms with Crippen LogP contribution in [0.25, 0.3) is 15.9 Å². The molecule has 1 amide bonds. The normalized spacial score (nSPS) is 11.1. The van der Waals surface area contributed by atoms with Crippen molar-refractivity contribution in [2.75, 3.05) is 18.8 Å². The highest BCUT2D eigenvalue weighted by molar-refractivity contribution is 7.99. The van der Waals surface area contributed by atoms with E-state index in [2.05, 4.69) is 11.9 Å². The summed E-state index contributed by atoms with van der Waals surface area (Å²) in [7, 11) is 0. The highest BCUT2D eigenvalue weighted by Gasteiger charge is 2.17. The lowest BCUT2D eigenvalue weighted by Gasteiger charge is -2.20. The number of aryl methyl sites for hydroxylation is 1. The van der Waals surface area contributed by atoms with Gasteiger partial charge in [-0.2, -0.15) is 0 Å². The van der Waals surface area contributed by atoms with Gasteiger partial charge in [0.25, 0.3) is 5.56 Å². The Morgan fingerprint density at radius 1 is 1.29 bits per heavy atom. The van der Waals surface area contributed by atoms with Gasteiger partial charge in [0.05, 0.1) is 17.0 Å². The summed E-state index contributed by atoms with van der Waals surface area (Å²) in [6.07, 6.45) is 2.05. The predicted molar refractivity (Wildman–Crippen MR) is 118 cm³/mol. The molecule has 0 atom stereocenters. The van der Waals surface area contributed by atoms with Crippen LogP contribution in [0, 0.1) is 6.92 Å². The maximum Gasteiger partial charge on any atom is 0.276 e. The Hall–Kier alpha value is -2.12. The average molecular weight is 416 g/mol. The van der Waals surface area contributed by atoms with Crippen molar-refractivity contribution in [1.82, 2.24) is 14.5 Å². The molecule has 1 aromatic carbocycles. The van der Waals surface area contributed by atoms with Gasteiger partial charge >= 0.3 is 0 Å². The number of aromatic nitrogens is 2. The number of carbonyl (C=O) groups excluding carboxylic acids is 1. The second kappa shape index (κ2) is 9.39. The molecule has 0 radical (unpaired) electrons. The third-order valence-corrected chi connectivity index (χ3v) is 6.36. The lowest BCUT2D eigenvalue weighted by molar-refractivity contribution is -0.128. The number of rotatable bonds is 8. The lowest BCUT2D eigenvalue weighted by Crippen LogP contribution is -2.33. The van der Waals surface area contributed by atoms with Gasteiger partial charge in [0.1, 0.15) is 4.70 Å². The van der Waals surface area contributed by atoms with Gasteiger partial charge in [-0.15, -0.1) is 11.3 Å². The molecule has 0 fully saturated rings. The minimum Gasteiger partial charge on any atom is -0.342 e. The quantitative estimate of drug-likeness (QED) is 0.402. The van der Waals surface area contributed by atoms with Crippen LogP contribution < -0.4 is 5.56 Å². The monoisotopic (exact) mass is 415 g/mol. The first-order valence-corrected chi connectivity index (χ1v) is 11.4. The molecule has 0 spiro atoms. The number of fused-ring (bicyclic) bond motifs is 1. The summed E-state index contributed by atoms with van der Waals surface area (Å²) < 4.78 is 2.27. The van der Waals surface area contributed by atoms with Crippen LogP contribution in [0.2, 0.25) is 0 Å². The van der Waals surface area contributed by atoms with Crippen molar-refractivity contribution in [1.29, 1.82) is 0 Å². The van der Waals surface area contributed by atoms with E-state index in [-0.39, 0.29) is 17.2 Å². The van der Waals surface area contributed by atoms with Crippen molar-refractivity contribution >= 4 is 39.2 Å². The SMILES string of the molecule is CCCCN(CC)C(=O)CSc1nc2ccsc2c(=O)n1-c1cccc(C)c1. The van der Waals surface area contributed by atoms with Crippen LogP contribution in [0.4, 0.5) is 0 Å². The van der Waals surface area contributed by atoms with Crippen molar-refractivity contribution in [2.45, 2.75) is 38.8 Å². The number of hydrogen-bond acceptors (Lipinski definition) is 5. The zero-order valence-corrected chi connectivity index (χ0v) is 18.1. The third-order valence-electron chi connectivity index (χ3n) is 4.55. The number of benzene rings is 1. The van der Waals surface area contributed by atoms with E-state index in [9.17, 15) is 9.59 Å². The van der Waals surface area contributed by atoms with E-state index >= 15 is 0 Å². The molecule has 0 saturated carbocycles. The molecule has 3 rings (SSSR count). The van der Waals surface area contributed by atoms with Gasteiger partial charge in [-0.25, -0.2) is 4.98 Å². The molecule has 28 heavy (non-hydrogen) atoms. The molecule has 148 valence electrons. The molecule has 3 aromatic rings. The summed E-state index contributed by atoms with van der Waals surface area (Å²) in [5.74, 6) is 0.349. The first-order valence-electron chi connectivity index (χ1n) is 9.53. The molecule has 2 aromatic heterocycles. The van der Waals surface area contributed by atoms with Crippen LogP contribution in [-0.2, 0) is 4.79 Å². The number of thioether (sulfide) groups is 1. The minimum atomic E-state index is -0.0844. The van der Waals surface area contributed by atoms with E-state index in [0.29, 0.717) is 21.9 Å². The summed E-state index contributed by atoms with van der Waals surface area (Å²) in [6, 6.07) is 9.65.